The van der Waals surface area contributed by atoms with E-state index in [2.05, 4.69) is 16.7 Å². The van der Waals surface area contributed by atoms with E-state index >= 15 is 0 Å². The van der Waals surface area contributed by atoms with Crippen LogP contribution in [0.4, 0.5) is 20.3 Å². The molecule has 2 aromatic rings. The summed E-state index contributed by atoms with van der Waals surface area (Å²) in [6.45, 7) is 5.82. The van der Waals surface area contributed by atoms with Crippen molar-refractivity contribution in [1.29, 1.82) is 0 Å². The number of pyridine rings is 1. The van der Waals surface area contributed by atoms with Crippen molar-refractivity contribution in [3.8, 4) is 0 Å². The zero-order valence-electron chi connectivity index (χ0n) is 15.0. The van der Waals surface area contributed by atoms with Gasteiger partial charge in [-0.25, -0.2) is 13.8 Å². The minimum Gasteiger partial charge on any atom is -0.366 e. The first-order valence-electron chi connectivity index (χ1n) is 8.62. The highest BCUT2D eigenvalue weighted by molar-refractivity contribution is 6.19. The number of nitrogens with two attached hydrogens (primary N) is 1. The van der Waals surface area contributed by atoms with E-state index in [1.165, 1.54) is 6.07 Å². The van der Waals surface area contributed by atoms with Crippen molar-refractivity contribution in [2.24, 2.45) is 10.7 Å². The van der Waals surface area contributed by atoms with Gasteiger partial charge in [0.15, 0.2) is 0 Å². The van der Waals surface area contributed by atoms with Crippen LogP contribution in [0.25, 0.3) is 5.57 Å². The van der Waals surface area contributed by atoms with Crippen molar-refractivity contribution >= 4 is 29.7 Å². The topological polar surface area (TPSA) is 71.6 Å². The Labute approximate surface area is 156 Å². The molecule has 3 rings (SSSR count). The molecule has 27 heavy (non-hydrogen) atoms. The first kappa shape index (κ1) is 18.7. The number of halogens is 2. The first-order valence-corrected chi connectivity index (χ1v) is 8.62. The molecule has 0 bridgehead atoms. The third kappa shape index (κ3) is 3.58. The summed E-state index contributed by atoms with van der Waals surface area (Å²) < 4.78 is 27.9. The van der Waals surface area contributed by atoms with Gasteiger partial charge in [-0.1, -0.05) is 6.08 Å². The van der Waals surface area contributed by atoms with E-state index in [0.29, 0.717) is 35.7 Å². The Hall–Kier alpha value is -3.09. The molecule has 1 saturated heterocycles. The molecule has 7 heteroatoms. The zero-order chi connectivity index (χ0) is 19.6. The second kappa shape index (κ2) is 7.65. The molecule has 1 aromatic carbocycles. The third-order valence-corrected chi connectivity index (χ3v) is 4.70. The lowest BCUT2D eigenvalue weighted by molar-refractivity contribution is -0.112. The van der Waals surface area contributed by atoms with Gasteiger partial charge in [0.1, 0.15) is 23.1 Å². The van der Waals surface area contributed by atoms with Crippen LogP contribution in [-0.4, -0.2) is 24.2 Å². The van der Waals surface area contributed by atoms with Gasteiger partial charge in [0, 0.05) is 12.1 Å². The number of rotatable bonds is 5. The molecule has 1 aliphatic rings. The molecule has 0 aliphatic carbocycles. The van der Waals surface area contributed by atoms with Crippen molar-refractivity contribution < 1.29 is 13.6 Å². The summed E-state index contributed by atoms with van der Waals surface area (Å²) in [7, 11) is 0. The summed E-state index contributed by atoms with van der Waals surface area (Å²) in [5.74, 6) is -1.02. The Morgan fingerprint density at radius 3 is 2.81 bits per heavy atom. The number of amides is 1. The van der Waals surface area contributed by atoms with Crippen LogP contribution in [0.3, 0.4) is 0 Å². The van der Waals surface area contributed by atoms with Crippen LogP contribution >= 0.6 is 0 Å². The molecule has 1 fully saturated rings. The third-order valence-electron chi connectivity index (χ3n) is 4.70. The second-order valence-electron chi connectivity index (χ2n) is 6.28. The molecule has 1 aromatic heterocycles. The van der Waals surface area contributed by atoms with Crippen LogP contribution in [0.15, 0.2) is 41.4 Å². The predicted octanol–water partition coefficient (Wildman–Crippen LogP) is 3.92. The minimum absolute atomic E-state index is 0.229. The molecular formula is C20H20F2N4O. The second-order valence-corrected chi connectivity index (χ2v) is 6.28. The van der Waals surface area contributed by atoms with Gasteiger partial charge in [-0.2, -0.15) is 0 Å². The van der Waals surface area contributed by atoms with Crippen molar-refractivity contribution in [3.05, 3.63) is 59.3 Å². The van der Waals surface area contributed by atoms with Crippen molar-refractivity contribution in [2.45, 2.75) is 25.8 Å². The molecule has 0 saturated carbocycles. The molecule has 2 N–H and O–H groups in total. The summed E-state index contributed by atoms with van der Waals surface area (Å²) in [6.07, 6.45) is 3.05. The average molecular weight is 370 g/mol. The molecule has 140 valence electrons. The number of carbonyl (C=O) groups is 1. The number of aromatic nitrogens is 1. The van der Waals surface area contributed by atoms with Gasteiger partial charge in [0.05, 0.1) is 17.3 Å². The Kier molecular flexibility index (Phi) is 5.30. The zero-order valence-corrected chi connectivity index (χ0v) is 15.0. The highest BCUT2D eigenvalue weighted by Crippen LogP contribution is 2.38. The Morgan fingerprint density at radius 2 is 2.15 bits per heavy atom. The van der Waals surface area contributed by atoms with Gasteiger partial charge in [0.25, 0.3) is 5.91 Å². The van der Waals surface area contributed by atoms with Crippen LogP contribution < -0.4 is 10.6 Å². The molecular weight excluding hydrogens is 350 g/mol. The molecule has 0 unspecified atom stereocenters. The van der Waals surface area contributed by atoms with E-state index < -0.39 is 17.5 Å². The number of aliphatic imine (C=N–C) groups is 1. The summed E-state index contributed by atoms with van der Waals surface area (Å²) in [5, 5.41) is 0. The van der Waals surface area contributed by atoms with E-state index in [1.54, 1.807) is 25.1 Å². The minimum atomic E-state index is -0.624. The maximum absolute atomic E-state index is 14.3. The van der Waals surface area contributed by atoms with Gasteiger partial charge in [-0.3, -0.25) is 9.79 Å². The number of anilines is 1. The highest BCUT2D eigenvalue weighted by atomic mass is 19.1. The monoisotopic (exact) mass is 370 g/mol. The van der Waals surface area contributed by atoms with E-state index in [9.17, 15) is 13.6 Å². The number of benzene rings is 1. The van der Waals surface area contributed by atoms with Gasteiger partial charge < -0.3 is 10.6 Å². The van der Waals surface area contributed by atoms with Crippen LogP contribution in [0, 0.1) is 11.6 Å². The van der Waals surface area contributed by atoms with Crippen LogP contribution in [0.1, 0.15) is 37.1 Å². The quantitative estimate of drug-likeness (QED) is 0.640. The van der Waals surface area contributed by atoms with Gasteiger partial charge in [-0.15, -0.1) is 0 Å². The largest absolute Gasteiger partial charge is 0.366 e. The van der Waals surface area contributed by atoms with Crippen LogP contribution in [-0.2, 0) is 4.79 Å². The maximum atomic E-state index is 14.3. The molecule has 1 atom stereocenters. The van der Waals surface area contributed by atoms with Gasteiger partial charge >= 0.3 is 0 Å². The molecule has 0 radical (unpaired) electrons. The standard InChI is InChI=1S/C20H20F2N4O/c1-3-13(20(23)27)19-16(24-2)8-9-18(25-19)26-10-4-5-17(26)14-11-12(21)6-7-15(14)22/h3,6-9,11,17H,2,4-5,10H2,1H3,(H2,23,27)/b13-3+/t17-/m1/s1. The van der Waals surface area contributed by atoms with E-state index in [0.717, 1.165) is 18.6 Å². The average Bonchev–Trinajstić information content (AvgIpc) is 3.13. The smallest absolute Gasteiger partial charge is 0.250 e. The van der Waals surface area contributed by atoms with Crippen molar-refractivity contribution in [3.63, 3.8) is 0 Å². The SMILES string of the molecule is C=Nc1ccc(N2CCC[C@@H]2c2cc(F)ccc2F)nc1/C(=C\C)C(N)=O. The lowest BCUT2D eigenvalue weighted by Crippen LogP contribution is -2.25. The van der Waals surface area contributed by atoms with Gasteiger partial charge in [-0.05, 0) is 56.8 Å². The van der Waals surface area contributed by atoms with E-state index in [1.807, 2.05) is 4.90 Å². The Bertz CT molecular complexity index is 926. The molecule has 2 heterocycles. The molecule has 0 spiro atoms. The molecule has 1 aliphatic heterocycles. The fourth-order valence-corrected chi connectivity index (χ4v) is 3.46. The van der Waals surface area contributed by atoms with E-state index in [-0.39, 0.29) is 11.6 Å². The number of hydrogen-bond donors (Lipinski definition) is 1. The summed E-state index contributed by atoms with van der Waals surface area (Å²) in [5.41, 5.74) is 6.72. The fraction of sp³-hybridized carbons (Fsp3) is 0.250. The number of nitrogens with zero attached hydrogens (tertiary/aromatic N) is 3. The number of allylic oxidation sites excluding steroid dienone is 1. The lowest BCUT2D eigenvalue weighted by atomic mass is 10.0. The Morgan fingerprint density at radius 1 is 1.37 bits per heavy atom. The molecule has 5 nitrogen and oxygen atoms in total. The lowest BCUT2D eigenvalue weighted by Gasteiger charge is -2.27. The Balaban J connectivity index is 2.06. The predicted molar refractivity (Wildman–Crippen MR) is 102 cm³/mol. The molecule has 1 amide bonds. The summed E-state index contributed by atoms with van der Waals surface area (Å²) in [4.78, 5) is 22.1. The van der Waals surface area contributed by atoms with E-state index in [4.69, 9.17) is 5.73 Å². The summed E-state index contributed by atoms with van der Waals surface area (Å²) in [6, 6.07) is 6.54. The van der Waals surface area contributed by atoms with Gasteiger partial charge in [0.2, 0.25) is 0 Å². The normalized spacial score (nSPS) is 17.2. The number of hydrogen-bond acceptors (Lipinski definition) is 4. The first-order chi connectivity index (χ1) is 13.0. The number of primary amides is 1. The fourth-order valence-electron chi connectivity index (χ4n) is 3.46. The maximum Gasteiger partial charge on any atom is 0.250 e. The van der Waals surface area contributed by atoms with Crippen molar-refractivity contribution in [1.82, 2.24) is 4.98 Å². The summed E-state index contributed by atoms with van der Waals surface area (Å²) >= 11 is 0. The van der Waals surface area contributed by atoms with Crippen molar-refractivity contribution in [2.75, 3.05) is 11.4 Å². The van der Waals surface area contributed by atoms with Crippen LogP contribution in [0.2, 0.25) is 0 Å². The number of carbonyl (C=O) groups excluding carboxylic acids is 1. The highest BCUT2D eigenvalue weighted by Gasteiger charge is 2.30. The van der Waals surface area contributed by atoms with Crippen LogP contribution in [0.5, 0.6) is 0 Å².